The highest BCUT2D eigenvalue weighted by atomic mass is 16.5. The number of aromatic amines is 1. The van der Waals surface area contributed by atoms with Crippen molar-refractivity contribution in [1.29, 1.82) is 5.41 Å². The van der Waals surface area contributed by atoms with E-state index in [1.54, 1.807) is 6.07 Å². The second kappa shape index (κ2) is 8.69. The first-order valence-electron chi connectivity index (χ1n) is 9.36. The number of aromatic nitrogens is 2. The molecule has 0 fully saturated rings. The van der Waals surface area contributed by atoms with E-state index in [1.807, 2.05) is 13.8 Å². The van der Waals surface area contributed by atoms with Gasteiger partial charge in [0.15, 0.2) is 11.8 Å². The number of amides is 2. The molecule has 0 saturated carbocycles. The second-order valence-electron chi connectivity index (χ2n) is 7.12. The summed E-state index contributed by atoms with van der Waals surface area (Å²) < 4.78 is 5.86. The largest absolute Gasteiger partial charge is 0.494 e. The fraction of sp³-hybridized carbons (Fsp3) is 0.250. The van der Waals surface area contributed by atoms with Crippen molar-refractivity contribution in [2.24, 2.45) is 16.1 Å². The van der Waals surface area contributed by atoms with Gasteiger partial charge in [0.05, 0.1) is 28.6 Å². The molecule has 3 aromatic rings. The maximum atomic E-state index is 12.6. The normalized spacial score (nSPS) is 11.5. The van der Waals surface area contributed by atoms with Gasteiger partial charge in [0.25, 0.3) is 5.91 Å². The summed E-state index contributed by atoms with van der Waals surface area (Å²) in [6.45, 7) is 4.09. The van der Waals surface area contributed by atoms with Crippen LogP contribution in [0, 0.1) is 11.3 Å². The lowest BCUT2D eigenvalue weighted by Gasteiger charge is -2.13. The Hall–Kier alpha value is -4.15. The molecule has 0 unspecified atom stereocenters. The number of hydrogen-bond donors (Lipinski definition) is 5. The molecule has 31 heavy (non-hydrogen) atoms. The van der Waals surface area contributed by atoms with E-state index in [0.717, 1.165) is 10.6 Å². The van der Waals surface area contributed by atoms with Crippen LogP contribution in [-0.4, -0.2) is 43.5 Å². The van der Waals surface area contributed by atoms with E-state index in [2.05, 4.69) is 15.2 Å². The minimum atomic E-state index is -1.00. The molecule has 5 N–H and O–H groups in total. The smallest absolute Gasteiger partial charge is 0.452 e. The number of para-hydroxylation sites is 1. The van der Waals surface area contributed by atoms with Gasteiger partial charge in [-0.1, -0.05) is 36.2 Å². The predicted octanol–water partition coefficient (Wildman–Crippen LogP) is 3.33. The molecule has 11 heteroatoms. The van der Waals surface area contributed by atoms with Gasteiger partial charge in [-0.15, -0.1) is 0 Å². The van der Waals surface area contributed by atoms with Crippen molar-refractivity contribution in [3.8, 4) is 23.3 Å². The Bertz CT molecular complexity index is 1240. The highest BCUT2D eigenvalue weighted by Crippen LogP contribution is 2.32. The number of H-pyrrole nitrogens is 1. The number of rotatable bonds is 5. The summed E-state index contributed by atoms with van der Waals surface area (Å²) in [4.78, 5) is 26.5. The van der Waals surface area contributed by atoms with E-state index < -0.39 is 35.1 Å². The topological polar surface area (TPSA) is 173 Å². The van der Waals surface area contributed by atoms with Crippen LogP contribution in [0.5, 0.6) is 17.6 Å². The lowest BCUT2D eigenvalue weighted by molar-refractivity contribution is 0.0987. The van der Waals surface area contributed by atoms with Gasteiger partial charge in [-0.2, -0.15) is 0 Å². The summed E-state index contributed by atoms with van der Waals surface area (Å²) in [5.41, 5.74) is -0.396. The highest BCUT2D eigenvalue weighted by Gasteiger charge is 2.20. The Balaban J connectivity index is 1.97. The number of nitrogens with zero attached hydrogens (tertiary/aromatic N) is 3. The van der Waals surface area contributed by atoms with Crippen molar-refractivity contribution in [2.45, 2.75) is 20.3 Å². The van der Waals surface area contributed by atoms with Gasteiger partial charge >= 0.3 is 6.09 Å². The fourth-order valence-corrected chi connectivity index (χ4v) is 2.93. The first-order valence-corrected chi connectivity index (χ1v) is 9.36. The number of ether oxygens (including phenoxy) is 1. The third-order valence-electron chi connectivity index (χ3n) is 4.48. The Labute approximate surface area is 175 Å². The summed E-state index contributed by atoms with van der Waals surface area (Å²) in [7, 11) is 0. The molecule has 0 saturated heterocycles. The monoisotopic (exact) mass is 427 g/mol. The van der Waals surface area contributed by atoms with Gasteiger partial charge in [0, 0.05) is 6.07 Å². The molecule has 1 aromatic carbocycles. The summed E-state index contributed by atoms with van der Waals surface area (Å²) in [5.74, 6) is -1.93. The van der Waals surface area contributed by atoms with Gasteiger partial charge in [-0.3, -0.25) is 19.8 Å². The number of carbonyl (C=O) groups excluding carboxylic acids is 2. The van der Waals surface area contributed by atoms with E-state index in [4.69, 9.17) is 10.1 Å². The maximum Gasteiger partial charge on any atom is 0.452 e. The van der Waals surface area contributed by atoms with Gasteiger partial charge in [0.2, 0.25) is 5.88 Å². The zero-order valence-electron chi connectivity index (χ0n) is 16.8. The van der Waals surface area contributed by atoms with Crippen LogP contribution >= 0.6 is 0 Å². The lowest BCUT2D eigenvalue weighted by Crippen LogP contribution is -2.20. The number of benzene rings is 1. The Morgan fingerprint density at radius 1 is 1.16 bits per heavy atom. The fourth-order valence-electron chi connectivity index (χ4n) is 2.93. The average molecular weight is 427 g/mol. The van der Waals surface area contributed by atoms with Crippen molar-refractivity contribution in [1.82, 2.24) is 9.55 Å². The standard InChI is InChI=1S/C20H21N5O6/c1-10(2)7-8-31-20(30)24-23-18(28)11-5-3-4-6-13(11)25-14(26)9-12-15(16(25)21)19(29)22-17(12)27/h3-6,9-10,21-22,26-27,29H,7-8H2,1-2H3. The van der Waals surface area contributed by atoms with E-state index in [1.165, 1.54) is 18.2 Å². The second-order valence-corrected chi connectivity index (χ2v) is 7.12. The molecule has 0 bridgehead atoms. The highest BCUT2D eigenvalue weighted by molar-refractivity contribution is 5.99. The van der Waals surface area contributed by atoms with Crippen LogP contribution < -0.4 is 5.49 Å². The molecular formula is C20H21N5O6. The Kier molecular flexibility index (Phi) is 6.05. The van der Waals surface area contributed by atoms with Crippen LogP contribution in [0.15, 0.2) is 40.6 Å². The van der Waals surface area contributed by atoms with Crippen molar-refractivity contribution >= 4 is 22.8 Å². The molecular weight excluding hydrogens is 406 g/mol. The zero-order valence-corrected chi connectivity index (χ0v) is 16.8. The lowest BCUT2D eigenvalue weighted by atomic mass is 10.1. The van der Waals surface area contributed by atoms with E-state index in [-0.39, 0.29) is 28.6 Å². The van der Waals surface area contributed by atoms with Gasteiger partial charge in [0.1, 0.15) is 5.49 Å². The molecule has 0 aliphatic carbocycles. The minimum absolute atomic E-state index is 0.0314. The predicted molar refractivity (Wildman–Crippen MR) is 108 cm³/mol. The number of carbonyl (C=O) groups is 2. The molecule has 2 heterocycles. The molecule has 11 nitrogen and oxygen atoms in total. The number of pyridine rings is 1. The van der Waals surface area contributed by atoms with E-state index in [0.29, 0.717) is 12.3 Å². The SMILES string of the molecule is CC(C)CCOC(=O)N=NC(=O)c1ccccc1-n1c(O)cc2c(O)[nH]c(O)c2c1=N. The summed E-state index contributed by atoms with van der Waals surface area (Å²) in [5, 5.41) is 45.2. The van der Waals surface area contributed by atoms with Crippen molar-refractivity contribution in [3.05, 3.63) is 41.4 Å². The molecule has 0 aliphatic heterocycles. The number of azo groups is 1. The summed E-state index contributed by atoms with van der Waals surface area (Å²) in [6, 6.07) is 7.05. The molecule has 0 atom stereocenters. The molecule has 0 spiro atoms. The van der Waals surface area contributed by atoms with Crippen LogP contribution in [0.25, 0.3) is 16.5 Å². The van der Waals surface area contributed by atoms with E-state index in [9.17, 15) is 24.9 Å². The van der Waals surface area contributed by atoms with Crippen molar-refractivity contribution in [3.63, 3.8) is 0 Å². The number of aromatic hydroxyl groups is 3. The van der Waals surface area contributed by atoms with Crippen LogP contribution in [0.3, 0.4) is 0 Å². The molecule has 0 aliphatic rings. The van der Waals surface area contributed by atoms with Gasteiger partial charge in [-0.05, 0) is 24.5 Å². The third kappa shape index (κ3) is 4.39. The summed E-state index contributed by atoms with van der Waals surface area (Å²) in [6.07, 6.45) is -0.359. The molecule has 2 amide bonds. The quantitative estimate of drug-likeness (QED) is 0.390. The van der Waals surface area contributed by atoms with Crippen LogP contribution in [0.1, 0.15) is 30.6 Å². The Morgan fingerprint density at radius 2 is 1.87 bits per heavy atom. The van der Waals surface area contributed by atoms with Crippen molar-refractivity contribution in [2.75, 3.05) is 6.61 Å². The van der Waals surface area contributed by atoms with Crippen LogP contribution in [-0.2, 0) is 4.74 Å². The zero-order chi connectivity index (χ0) is 22.7. The first kappa shape index (κ1) is 21.6. The van der Waals surface area contributed by atoms with Crippen LogP contribution in [0.2, 0.25) is 0 Å². The van der Waals surface area contributed by atoms with Gasteiger partial charge in [-0.25, -0.2) is 4.79 Å². The van der Waals surface area contributed by atoms with Gasteiger partial charge < -0.3 is 20.1 Å². The number of hydrogen-bond acceptors (Lipinski definition) is 7. The average Bonchev–Trinajstić information content (AvgIpc) is 2.99. The number of fused-ring (bicyclic) bond motifs is 1. The number of nitrogens with one attached hydrogen (secondary N) is 2. The molecule has 3 rings (SSSR count). The maximum absolute atomic E-state index is 12.6. The molecule has 0 radical (unpaired) electrons. The first-order chi connectivity index (χ1) is 14.7. The molecule has 162 valence electrons. The van der Waals surface area contributed by atoms with Crippen LogP contribution in [0.4, 0.5) is 4.79 Å². The Morgan fingerprint density at radius 3 is 2.58 bits per heavy atom. The van der Waals surface area contributed by atoms with Crippen molar-refractivity contribution < 1.29 is 29.6 Å². The summed E-state index contributed by atoms with van der Waals surface area (Å²) >= 11 is 0. The third-order valence-corrected chi connectivity index (χ3v) is 4.48. The molecule has 2 aromatic heterocycles. The minimum Gasteiger partial charge on any atom is -0.494 e. The van der Waals surface area contributed by atoms with E-state index >= 15 is 0 Å².